The summed E-state index contributed by atoms with van der Waals surface area (Å²) in [6.07, 6.45) is 0. The monoisotopic (exact) mass is 422 g/mol. The van der Waals surface area contributed by atoms with E-state index in [0.29, 0.717) is 11.5 Å². The lowest BCUT2D eigenvalue weighted by Crippen LogP contribution is -2.20. The van der Waals surface area contributed by atoms with Gasteiger partial charge in [-0.2, -0.15) is 0 Å². The van der Waals surface area contributed by atoms with Crippen molar-refractivity contribution in [2.24, 2.45) is 5.41 Å². The summed E-state index contributed by atoms with van der Waals surface area (Å²) in [4.78, 5) is 24.7. The molecule has 0 aliphatic carbocycles. The zero-order valence-corrected chi connectivity index (χ0v) is 17.5. The Morgan fingerprint density at radius 3 is 1.26 bits per heavy atom. The van der Waals surface area contributed by atoms with Crippen molar-refractivity contribution in [2.45, 2.75) is 13.8 Å². The normalized spacial score (nSPS) is 10.5. The lowest BCUT2D eigenvalue weighted by Gasteiger charge is -2.16. The van der Waals surface area contributed by atoms with Crippen LogP contribution >= 0.6 is 0 Å². The maximum Gasteiger partial charge on any atom is 0.344 e. The van der Waals surface area contributed by atoms with Crippen molar-refractivity contribution < 1.29 is 29.3 Å². The summed E-state index contributed by atoms with van der Waals surface area (Å²) < 4.78 is 10.6. The molecule has 0 amide bonds. The molecule has 3 aromatic carbocycles. The van der Waals surface area contributed by atoms with E-state index in [0.717, 1.165) is 0 Å². The highest BCUT2D eigenvalue weighted by Crippen LogP contribution is 2.17. The minimum atomic E-state index is -0.609. The molecule has 0 fully saturated rings. The largest absolute Gasteiger partial charge is 0.423 e. The Kier molecular flexibility index (Phi) is 8.94. The number of benzene rings is 3. The smallest absolute Gasteiger partial charge is 0.344 e. The number of para-hydroxylation sites is 2. The summed E-state index contributed by atoms with van der Waals surface area (Å²) in [5, 5.41) is 16.9. The van der Waals surface area contributed by atoms with E-state index in [-0.39, 0.29) is 29.8 Å². The van der Waals surface area contributed by atoms with Gasteiger partial charge in [-0.15, -0.1) is 0 Å². The first-order valence-corrected chi connectivity index (χ1v) is 9.71. The molecule has 3 aromatic rings. The van der Waals surface area contributed by atoms with Gasteiger partial charge in [0.25, 0.3) is 0 Å². The summed E-state index contributed by atoms with van der Waals surface area (Å²) >= 11 is 0. The molecule has 162 valence electrons. The fraction of sp³-hybridized carbons (Fsp3) is 0.200. The Morgan fingerprint density at radius 2 is 0.968 bits per heavy atom. The molecule has 0 spiro atoms. The molecule has 0 saturated heterocycles. The van der Waals surface area contributed by atoms with Crippen LogP contribution in [-0.2, 0) is 0 Å². The van der Waals surface area contributed by atoms with Gasteiger partial charge in [0.2, 0.25) is 0 Å². The van der Waals surface area contributed by atoms with Crippen LogP contribution < -0.4 is 9.47 Å². The SMILES string of the molecule is CC(C)(CO)CO.O=C(Oc1ccccc1)c1ccccc1C(=O)Oc1ccccc1. The fourth-order valence-electron chi connectivity index (χ4n) is 2.19. The van der Waals surface area contributed by atoms with Gasteiger partial charge in [-0.25, -0.2) is 9.59 Å². The van der Waals surface area contributed by atoms with Crippen molar-refractivity contribution in [3.63, 3.8) is 0 Å². The summed E-state index contributed by atoms with van der Waals surface area (Å²) in [5.74, 6) is -0.397. The molecule has 0 aliphatic heterocycles. The molecule has 0 unspecified atom stereocenters. The van der Waals surface area contributed by atoms with Gasteiger partial charge in [-0.3, -0.25) is 0 Å². The zero-order chi connectivity index (χ0) is 22.7. The molecule has 31 heavy (non-hydrogen) atoms. The molecule has 3 rings (SSSR count). The van der Waals surface area contributed by atoms with Crippen LogP contribution in [0.2, 0.25) is 0 Å². The second-order valence-electron chi connectivity index (χ2n) is 7.43. The minimum absolute atomic E-state index is 0.0451. The van der Waals surface area contributed by atoms with Crippen molar-refractivity contribution in [1.29, 1.82) is 0 Å². The van der Waals surface area contributed by atoms with Crippen molar-refractivity contribution in [3.05, 3.63) is 96.1 Å². The van der Waals surface area contributed by atoms with E-state index in [1.54, 1.807) is 74.5 Å². The van der Waals surface area contributed by atoms with Crippen LogP contribution in [0.3, 0.4) is 0 Å². The minimum Gasteiger partial charge on any atom is -0.423 e. The van der Waals surface area contributed by atoms with Crippen molar-refractivity contribution in [1.82, 2.24) is 0 Å². The third-order valence-electron chi connectivity index (χ3n) is 4.13. The molecule has 6 heteroatoms. The second kappa shape index (κ2) is 11.6. The van der Waals surface area contributed by atoms with Gasteiger partial charge in [0.15, 0.2) is 0 Å². The van der Waals surface area contributed by atoms with Crippen molar-refractivity contribution in [3.8, 4) is 11.5 Å². The highest BCUT2D eigenvalue weighted by atomic mass is 16.5. The summed E-state index contributed by atoms with van der Waals surface area (Å²) in [6, 6.07) is 23.8. The van der Waals surface area contributed by atoms with E-state index < -0.39 is 11.9 Å². The maximum atomic E-state index is 12.4. The number of hydrogen-bond acceptors (Lipinski definition) is 6. The molecule has 0 aromatic heterocycles. The zero-order valence-electron chi connectivity index (χ0n) is 17.5. The Bertz CT molecular complexity index is 889. The Morgan fingerprint density at radius 1 is 0.645 bits per heavy atom. The first-order valence-electron chi connectivity index (χ1n) is 9.71. The van der Waals surface area contributed by atoms with Gasteiger partial charge in [0, 0.05) is 5.41 Å². The topological polar surface area (TPSA) is 93.1 Å². The Labute approximate surface area is 181 Å². The predicted octanol–water partition coefficient (Wildman–Crippen LogP) is 4.12. The van der Waals surface area contributed by atoms with E-state index in [9.17, 15) is 9.59 Å². The average Bonchev–Trinajstić information content (AvgIpc) is 2.81. The van der Waals surface area contributed by atoms with Gasteiger partial charge in [-0.05, 0) is 36.4 Å². The van der Waals surface area contributed by atoms with Gasteiger partial charge in [0.1, 0.15) is 11.5 Å². The highest BCUT2D eigenvalue weighted by Gasteiger charge is 2.20. The number of aliphatic hydroxyl groups excluding tert-OH is 2. The van der Waals surface area contributed by atoms with Gasteiger partial charge in [0.05, 0.1) is 24.3 Å². The van der Waals surface area contributed by atoms with Crippen LogP contribution in [0, 0.1) is 5.41 Å². The van der Waals surface area contributed by atoms with Gasteiger partial charge >= 0.3 is 11.9 Å². The average molecular weight is 422 g/mol. The number of ether oxygens (including phenoxy) is 2. The lowest BCUT2D eigenvalue weighted by atomic mass is 9.97. The van der Waals surface area contributed by atoms with E-state index in [1.807, 2.05) is 12.1 Å². The molecule has 0 atom stereocenters. The van der Waals surface area contributed by atoms with Crippen molar-refractivity contribution in [2.75, 3.05) is 13.2 Å². The molecule has 0 heterocycles. The number of esters is 2. The number of hydrogen-bond donors (Lipinski definition) is 2. The van der Waals surface area contributed by atoms with Crippen LogP contribution in [0.15, 0.2) is 84.9 Å². The number of aliphatic hydroxyl groups is 2. The number of rotatable bonds is 6. The first-order chi connectivity index (χ1) is 14.9. The molecular formula is C25H26O6. The molecule has 2 N–H and O–H groups in total. The van der Waals surface area contributed by atoms with Crippen molar-refractivity contribution >= 4 is 11.9 Å². The van der Waals surface area contributed by atoms with E-state index >= 15 is 0 Å². The molecule has 0 radical (unpaired) electrons. The Balaban J connectivity index is 0.000000423. The Hall–Kier alpha value is -3.48. The fourth-order valence-corrected chi connectivity index (χ4v) is 2.19. The van der Waals surface area contributed by atoms with E-state index in [2.05, 4.69) is 0 Å². The highest BCUT2D eigenvalue weighted by molar-refractivity contribution is 6.04. The first kappa shape index (κ1) is 23.8. The van der Waals surface area contributed by atoms with Crippen LogP contribution in [0.5, 0.6) is 11.5 Å². The van der Waals surface area contributed by atoms with E-state index in [4.69, 9.17) is 19.7 Å². The predicted molar refractivity (Wildman–Crippen MR) is 117 cm³/mol. The third kappa shape index (κ3) is 7.70. The molecular weight excluding hydrogens is 396 g/mol. The molecule has 0 saturated carbocycles. The summed E-state index contributed by atoms with van der Waals surface area (Å²) in [6.45, 7) is 3.69. The van der Waals surface area contributed by atoms with Gasteiger partial charge in [-0.1, -0.05) is 62.4 Å². The maximum absolute atomic E-state index is 12.4. The van der Waals surface area contributed by atoms with Gasteiger partial charge < -0.3 is 19.7 Å². The van der Waals surface area contributed by atoms with Crippen LogP contribution in [0.4, 0.5) is 0 Å². The summed E-state index contributed by atoms with van der Waals surface area (Å²) in [5.41, 5.74) is 0.00423. The number of carbonyl (C=O) groups excluding carboxylic acids is 2. The third-order valence-corrected chi connectivity index (χ3v) is 4.13. The van der Waals surface area contributed by atoms with E-state index in [1.165, 1.54) is 12.1 Å². The quantitative estimate of drug-likeness (QED) is 0.458. The van der Waals surface area contributed by atoms with Crippen LogP contribution in [0.1, 0.15) is 34.6 Å². The standard InChI is InChI=1S/C20H14O4.C5H12O2/c21-19(23-15-9-3-1-4-10-15)17-13-7-8-14-18(17)20(22)24-16-11-5-2-6-12-16;1-5(2,3-6)4-7/h1-14H;6-7H,3-4H2,1-2H3. The lowest BCUT2D eigenvalue weighted by molar-refractivity contribution is 0.0692. The van der Waals surface area contributed by atoms with Crippen LogP contribution in [0.25, 0.3) is 0 Å². The number of carbonyl (C=O) groups is 2. The second-order valence-corrected chi connectivity index (χ2v) is 7.43. The summed E-state index contributed by atoms with van der Waals surface area (Å²) in [7, 11) is 0. The molecule has 6 nitrogen and oxygen atoms in total. The molecule has 0 aliphatic rings. The molecule has 0 bridgehead atoms. The van der Waals surface area contributed by atoms with Crippen LogP contribution in [-0.4, -0.2) is 35.4 Å².